The van der Waals surface area contributed by atoms with Gasteiger partial charge in [0.05, 0.1) is 16.7 Å². The SMILES string of the molecule is Cc1ccnc(-n2c(SCC(=O)Nc3ccc(Cl)cc3)nc3ccccc3c2=O)c1. The van der Waals surface area contributed by atoms with E-state index < -0.39 is 0 Å². The van der Waals surface area contributed by atoms with Crippen LogP contribution in [0.15, 0.2) is 76.8 Å². The van der Waals surface area contributed by atoms with Gasteiger partial charge in [-0.2, -0.15) is 0 Å². The van der Waals surface area contributed by atoms with Gasteiger partial charge in [0.25, 0.3) is 5.56 Å². The molecule has 2 aromatic heterocycles. The van der Waals surface area contributed by atoms with E-state index in [9.17, 15) is 9.59 Å². The summed E-state index contributed by atoms with van der Waals surface area (Å²) < 4.78 is 1.45. The van der Waals surface area contributed by atoms with Gasteiger partial charge in [-0.15, -0.1) is 0 Å². The summed E-state index contributed by atoms with van der Waals surface area (Å²) in [5.41, 5.74) is 1.97. The highest BCUT2D eigenvalue weighted by Gasteiger charge is 2.15. The average molecular weight is 437 g/mol. The molecule has 2 heterocycles. The summed E-state index contributed by atoms with van der Waals surface area (Å²) in [6.45, 7) is 1.93. The number of para-hydroxylation sites is 1. The Kier molecular flexibility index (Phi) is 5.83. The third kappa shape index (κ3) is 4.37. The van der Waals surface area contributed by atoms with E-state index in [2.05, 4.69) is 15.3 Å². The van der Waals surface area contributed by atoms with Gasteiger partial charge >= 0.3 is 0 Å². The minimum absolute atomic E-state index is 0.0826. The first-order chi connectivity index (χ1) is 14.5. The lowest BCUT2D eigenvalue weighted by Gasteiger charge is -2.13. The zero-order chi connectivity index (χ0) is 21.1. The summed E-state index contributed by atoms with van der Waals surface area (Å²) in [6.07, 6.45) is 1.65. The number of pyridine rings is 1. The van der Waals surface area contributed by atoms with E-state index in [0.717, 1.165) is 5.56 Å². The van der Waals surface area contributed by atoms with Crippen LogP contribution in [0, 0.1) is 6.92 Å². The molecular weight excluding hydrogens is 420 g/mol. The molecule has 30 heavy (non-hydrogen) atoms. The summed E-state index contributed by atoms with van der Waals surface area (Å²) in [6, 6.07) is 17.7. The second-order valence-electron chi connectivity index (χ2n) is 6.59. The number of anilines is 1. The van der Waals surface area contributed by atoms with E-state index in [1.54, 1.807) is 48.7 Å². The van der Waals surface area contributed by atoms with Gasteiger partial charge < -0.3 is 5.32 Å². The van der Waals surface area contributed by atoms with Crippen molar-refractivity contribution < 1.29 is 4.79 Å². The average Bonchev–Trinajstić information content (AvgIpc) is 2.74. The molecule has 0 aliphatic rings. The number of halogens is 1. The van der Waals surface area contributed by atoms with Crippen LogP contribution in [0.1, 0.15) is 5.56 Å². The van der Waals surface area contributed by atoms with Crippen LogP contribution < -0.4 is 10.9 Å². The van der Waals surface area contributed by atoms with Crippen LogP contribution in [-0.2, 0) is 4.79 Å². The fourth-order valence-electron chi connectivity index (χ4n) is 2.91. The molecule has 0 unspecified atom stereocenters. The monoisotopic (exact) mass is 436 g/mol. The molecule has 1 amide bonds. The number of hydrogen-bond donors (Lipinski definition) is 1. The number of carbonyl (C=O) groups is 1. The minimum atomic E-state index is -0.223. The molecule has 150 valence electrons. The molecule has 0 saturated heterocycles. The van der Waals surface area contributed by atoms with E-state index in [0.29, 0.717) is 32.6 Å². The lowest BCUT2D eigenvalue weighted by atomic mass is 10.2. The van der Waals surface area contributed by atoms with Gasteiger partial charge in [-0.3, -0.25) is 9.59 Å². The Bertz CT molecular complexity index is 1290. The molecule has 0 radical (unpaired) electrons. The van der Waals surface area contributed by atoms with Gasteiger partial charge in [0.2, 0.25) is 5.91 Å². The molecule has 0 saturated carbocycles. The van der Waals surface area contributed by atoms with Crippen LogP contribution in [0.4, 0.5) is 5.69 Å². The number of aromatic nitrogens is 3. The number of nitrogens with one attached hydrogen (secondary N) is 1. The van der Waals surface area contributed by atoms with Crippen molar-refractivity contribution in [2.24, 2.45) is 0 Å². The number of fused-ring (bicyclic) bond motifs is 1. The predicted molar refractivity (Wildman–Crippen MR) is 121 cm³/mol. The third-order valence-corrected chi connectivity index (χ3v) is 5.53. The molecule has 1 N–H and O–H groups in total. The third-order valence-electron chi connectivity index (χ3n) is 4.34. The number of nitrogens with zero attached hydrogens (tertiary/aromatic N) is 3. The Hall–Kier alpha value is -3.16. The van der Waals surface area contributed by atoms with E-state index in [4.69, 9.17) is 11.6 Å². The molecule has 0 atom stereocenters. The Morgan fingerprint density at radius 1 is 1.13 bits per heavy atom. The molecule has 4 aromatic rings. The molecule has 0 fully saturated rings. The van der Waals surface area contributed by atoms with E-state index >= 15 is 0 Å². The lowest BCUT2D eigenvalue weighted by Crippen LogP contribution is -2.23. The Morgan fingerprint density at radius 2 is 1.90 bits per heavy atom. The molecule has 8 heteroatoms. The first-order valence-corrected chi connectivity index (χ1v) is 10.5. The summed E-state index contributed by atoms with van der Waals surface area (Å²) in [5, 5.41) is 4.31. The van der Waals surface area contributed by atoms with Crippen LogP contribution in [0.5, 0.6) is 0 Å². The van der Waals surface area contributed by atoms with Crippen molar-refractivity contribution in [2.45, 2.75) is 12.1 Å². The van der Waals surface area contributed by atoms with E-state index in [1.165, 1.54) is 16.3 Å². The molecule has 6 nitrogen and oxygen atoms in total. The number of benzene rings is 2. The Morgan fingerprint density at radius 3 is 2.67 bits per heavy atom. The normalized spacial score (nSPS) is 10.9. The maximum absolute atomic E-state index is 13.2. The summed E-state index contributed by atoms with van der Waals surface area (Å²) in [7, 11) is 0. The highest BCUT2D eigenvalue weighted by Crippen LogP contribution is 2.21. The first kappa shape index (κ1) is 20.1. The van der Waals surface area contributed by atoms with Gasteiger partial charge in [-0.25, -0.2) is 14.5 Å². The zero-order valence-electron chi connectivity index (χ0n) is 16.0. The van der Waals surface area contributed by atoms with Crippen LogP contribution >= 0.6 is 23.4 Å². The summed E-state index contributed by atoms with van der Waals surface area (Å²) in [4.78, 5) is 34.6. The summed E-state index contributed by atoms with van der Waals surface area (Å²) in [5.74, 6) is 0.339. The number of rotatable bonds is 5. The maximum Gasteiger partial charge on any atom is 0.267 e. The Balaban J connectivity index is 1.67. The molecule has 0 bridgehead atoms. The first-order valence-electron chi connectivity index (χ1n) is 9.14. The molecule has 4 rings (SSSR count). The largest absolute Gasteiger partial charge is 0.325 e. The lowest BCUT2D eigenvalue weighted by molar-refractivity contribution is -0.113. The number of carbonyl (C=O) groups excluding carboxylic acids is 1. The molecule has 2 aromatic carbocycles. The molecule has 0 spiro atoms. The minimum Gasteiger partial charge on any atom is -0.325 e. The number of hydrogen-bond acceptors (Lipinski definition) is 5. The predicted octanol–water partition coefficient (Wildman–Crippen LogP) is 4.47. The van der Waals surface area contributed by atoms with E-state index in [1.807, 2.05) is 25.1 Å². The summed E-state index contributed by atoms with van der Waals surface area (Å²) >= 11 is 7.06. The highest BCUT2D eigenvalue weighted by molar-refractivity contribution is 7.99. The van der Waals surface area contributed by atoms with Crippen molar-refractivity contribution in [1.29, 1.82) is 0 Å². The van der Waals surface area contributed by atoms with Crippen molar-refractivity contribution in [2.75, 3.05) is 11.1 Å². The number of amides is 1. The smallest absolute Gasteiger partial charge is 0.267 e. The topological polar surface area (TPSA) is 76.9 Å². The number of thioether (sulfide) groups is 1. The highest BCUT2D eigenvalue weighted by atomic mass is 35.5. The fourth-order valence-corrected chi connectivity index (χ4v) is 3.84. The Labute approximate surface area is 181 Å². The fraction of sp³-hybridized carbons (Fsp3) is 0.0909. The number of aryl methyl sites for hydroxylation is 1. The van der Waals surface area contributed by atoms with E-state index in [-0.39, 0.29) is 17.2 Å². The maximum atomic E-state index is 13.2. The molecular formula is C22H17ClN4O2S. The van der Waals surface area contributed by atoms with Crippen LogP contribution in [0.2, 0.25) is 5.02 Å². The standard InChI is InChI=1S/C22H17ClN4O2S/c1-14-10-11-24-19(12-14)27-21(29)17-4-2-3-5-18(17)26-22(27)30-13-20(28)25-16-8-6-15(23)7-9-16/h2-12H,13H2,1H3,(H,25,28). The molecule has 0 aliphatic carbocycles. The van der Waals surface area contributed by atoms with Crippen molar-refractivity contribution in [3.63, 3.8) is 0 Å². The zero-order valence-corrected chi connectivity index (χ0v) is 17.6. The second-order valence-corrected chi connectivity index (χ2v) is 7.97. The van der Waals surface area contributed by atoms with Crippen LogP contribution in [0.25, 0.3) is 16.7 Å². The van der Waals surface area contributed by atoms with Crippen molar-refractivity contribution in [3.8, 4) is 5.82 Å². The van der Waals surface area contributed by atoms with Crippen LogP contribution in [-0.4, -0.2) is 26.2 Å². The van der Waals surface area contributed by atoms with Gasteiger partial charge in [0.1, 0.15) is 5.82 Å². The van der Waals surface area contributed by atoms with Gasteiger partial charge in [0.15, 0.2) is 5.16 Å². The van der Waals surface area contributed by atoms with Crippen molar-refractivity contribution in [3.05, 3.63) is 87.8 Å². The van der Waals surface area contributed by atoms with Crippen LogP contribution in [0.3, 0.4) is 0 Å². The van der Waals surface area contributed by atoms with Crippen molar-refractivity contribution in [1.82, 2.24) is 14.5 Å². The quantitative estimate of drug-likeness (QED) is 0.369. The van der Waals surface area contributed by atoms with Crippen molar-refractivity contribution >= 4 is 45.9 Å². The van der Waals surface area contributed by atoms with Gasteiger partial charge in [-0.05, 0) is 61.0 Å². The molecule has 0 aliphatic heterocycles. The second kappa shape index (κ2) is 8.69. The van der Waals surface area contributed by atoms with Gasteiger partial charge in [-0.1, -0.05) is 35.5 Å². The van der Waals surface area contributed by atoms with Gasteiger partial charge in [0, 0.05) is 16.9 Å².